The second-order valence-electron chi connectivity index (χ2n) is 5.49. The quantitative estimate of drug-likeness (QED) is 0.803. The van der Waals surface area contributed by atoms with E-state index in [-0.39, 0.29) is 24.5 Å². The third kappa shape index (κ3) is 5.54. The maximum atomic E-state index is 12.1. The van der Waals surface area contributed by atoms with Crippen LogP contribution in [0.5, 0.6) is 0 Å². The molecule has 2 aromatic carbocycles. The molecule has 0 saturated carbocycles. The molecule has 0 aromatic heterocycles. The first-order chi connectivity index (χ1) is 11.0. The fourth-order valence-corrected chi connectivity index (χ4v) is 2.49. The highest BCUT2D eigenvalue weighted by atomic mass is 35.5. The molecule has 0 bridgehead atoms. The molecule has 122 valence electrons. The van der Waals surface area contributed by atoms with E-state index < -0.39 is 0 Å². The molecule has 0 radical (unpaired) electrons. The first kappa shape index (κ1) is 17.8. The summed E-state index contributed by atoms with van der Waals surface area (Å²) in [5.41, 5.74) is 2.11. The van der Waals surface area contributed by atoms with Crippen LogP contribution in [0, 0.1) is 0 Å². The molecule has 0 fully saturated rings. The molecule has 3 nitrogen and oxygen atoms in total. The summed E-state index contributed by atoms with van der Waals surface area (Å²) in [4.78, 5) is 12.1. The Morgan fingerprint density at radius 1 is 0.870 bits per heavy atom. The Labute approximate surface area is 147 Å². The molecule has 1 amide bonds. The van der Waals surface area contributed by atoms with Crippen molar-refractivity contribution in [2.45, 2.75) is 25.9 Å². The molecule has 2 atom stereocenters. The van der Waals surface area contributed by atoms with Gasteiger partial charge < -0.3 is 10.6 Å². The molecule has 2 N–H and O–H groups in total. The number of carbonyl (C=O) groups excluding carboxylic acids is 1. The minimum atomic E-state index is -0.0626. The van der Waals surface area contributed by atoms with Gasteiger partial charge in [-0.25, -0.2) is 0 Å². The van der Waals surface area contributed by atoms with E-state index in [0.717, 1.165) is 11.1 Å². The Hall–Kier alpha value is -1.55. The van der Waals surface area contributed by atoms with Gasteiger partial charge in [0.1, 0.15) is 0 Å². The Morgan fingerprint density at radius 2 is 1.30 bits per heavy atom. The van der Waals surface area contributed by atoms with E-state index in [1.807, 2.05) is 62.4 Å². The molecule has 0 aliphatic heterocycles. The maximum Gasteiger partial charge on any atom is 0.234 e. The average Bonchev–Trinajstić information content (AvgIpc) is 2.54. The van der Waals surface area contributed by atoms with Crippen molar-refractivity contribution in [1.29, 1.82) is 0 Å². The van der Waals surface area contributed by atoms with Gasteiger partial charge in [-0.2, -0.15) is 0 Å². The molecule has 0 aliphatic rings. The molecule has 5 heteroatoms. The number of benzene rings is 2. The second-order valence-corrected chi connectivity index (χ2v) is 6.37. The molecule has 0 saturated heterocycles. The van der Waals surface area contributed by atoms with E-state index in [0.29, 0.717) is 10.0 Å². The van der Waals surface area contributed by atoms with Crippen LogP contribution in [-0.2, 0) is 4.79 Å². The zero-order valence-electron chi connectivity index (χ0n) is 13.1. The summed E-state index contributed by atoms with van der Waals surface area (Å²) in [7, 11) is 0. The lowest BCUT2D eigenvalue weighted by Gasteiger charge is -2.17. The summed E-state index contributed by atoms with van der Waals surface area (Å²) < 4.78 is 0. The molecule has 23 heavy (non-hydrogen) atoms. The average molecular weight is 351 g/mol. The topological polar surface area (TPSA) is 41.1 Å². The minimum Gasteiger partial charge on any atom is -0.348 e. The van der Waals surface area contributed by atoms with Crippen LogP contribution >= 0.6 is 23.2 Å². The first-order valence-electron chi connectivity index (χ1n) is 7.49. The van der Waals surface area contributed by atoms with Gasteiger partial charge in [-0.3, -0.25) is 4.79 Å². The zero-order valence-corrected chi connectivity index (χ0v) is 14.7. The number of rotatable bonds is 6. The van der Waals surface area contributed by atoms with Crippen molar-refractivity contribution in [2.75, 3.05) is 6.54 Å². The Bertz CT molecular complexity index is 641. The third-order valence-electron chi connectivity index (χ3n) is 3.69. The standard InChI is InChI=1S/C18H20Cl2N2O/c1-12(14-3-7-16(19)8-4-14)21-11-18(23)22-13(2)15-5-9-17(20)10-6-15/h3-10,12-13,21H,11H2,1-2H3,(H,22,23)/t12-,13+/m0/s1. The number of hydrogen-bond donors (Lipinski definition) is 2. The zero-order chi connectivity index (χ0) is 16.8. The SMILES string of the molecule is C[C@H](NCC(=O)N[C@H](C)c1ccc(Cl)cc1)c1ccc(Cl)cc1. The van der Waals surface area contributed by atoms with Crippen molar-refractivity contribution in [3.8, 4) is 0 Å². The Morgan fingerprint density at radius 3 is 1.78 bits per heavy atom. The van der Waals surface area contributed by atoms with Crippen LogP contribution < -0.4 is 10.6 Å². The number of halogens is 2. The van der Waals surface area contributed by atoms with Crippen molar-refractivity contribution in [3.63, 3.8) is 0 Å². The van der Waals surface area contributed by atoms with Gasteiger partial charge in [-0.1, -0.05) is 47.5 Å². The fourth-order valence-electron chi connectivity index (χ4n) is 2.24. The van der Waals surface area contributed by atoms with E-state index >= 15 is 0 Å². The molecule has 0 heterocycles. The van der Waals surface area contributed by atoms with E-state index in [2.05, 4.69) is 10.6 Å². The molecular formula is C18H20Cl2N2O. The van der Waals surface area contributed by atoms with E-state index in [4.69, 9.17) is 23.2 Å². The van der Waals surface area contributed by atoms with Crippen LogP contribution in [0.15, 0.2) is 48.5 Å². The summed E-state index contributed by atoms with van der Waals surface area (Å²) >= 11 is 11.7. The van der Waals surface area contributed by atoms with Crippen molar-refractivity contribution in [3.05, 3.63) is 69.7 Å². The summed E-state index contributed by atoms with van der Waals surface area (Å²) in [5, 5.41) is 7.56. The summed E-state index contributed by atoms with van der Waals surface area (Å²) in [6.45, 7) is 4.21. The summed E-state index contributed by atoms with van der Waals surface area (Å²) in [5.74, 6) is -0.0479. The van der Waals surface area contributed by atoms with Gasteiger partial charge in [-0.05, 0) is 49.2 Å². The fraction of sp³-hybridized carbons (Fsp3) is 0.278. The minimum absolute atomic E-state index is 0.0479. The largest absolute Gasteiger partial charge is 0.348 e. The lowest BCUT2D eigenvalue weighted by atomic mass is 10.1. The first-order valence-corrected chi connectivity index (χ1v) is 8.25. The van der Waals surface area contributed by atoms with Crippen molar-refractivity contribution in [2.24, 2.45) is 0 Å². The van der Waals surface area contributed by atoms with Gasteiger partial charge in [0.2, 0.25) is 5.91 Å². The predicted octanol–water partition coefficient (Wildman–Crippen LogP) is 4.52. The lowest BCUT2D eigenvalue weighted by Crippen LogP contribution is -2.36. The van der Waals surface area contributed by atoms with Crippen molar-refractivity contribution < 1.29 is 4.79 Å². The van der Waals surface area contributed by atoms with Gasteiger partial charge in [0.05, 0.1) is 12.6 Å². The van der Waals surface area contributed by atoms with Gasteiger partial charge in [0.25, 0.3) is 0 Å². The third-order valence-corrected chi connectivity index (χ3v) is 4.19. The smallest absolute Gasteiger partial charge is 0.234 e. The predicted molar refractivity (Wildman–Crippen MR) is 95.9 cm³/mol. The molecule has 0 spiro atoms. The van der Waals surface area contributed by atoms with Crippen LogP contribution in [0.1, 0.15) is 37.1 Å². The highest BCUT2D eigenvalue weighted by Gasteiger charge is 2.11. The van der Waals surface area contributed by atoms with Gasteiger partial charge in [0, 0.05) is 16.1 Å². The number of nitrogens with one attached hydrogen (secondary N) is 2. The normalized spacial score (nSPS) is 13.4. The van der Waals surface area contributed by atoms with Gasteiger partial charge in [-0.15, -0.1) is 0 Å². The summed E-state index contributed by atoms with van der Waals surface area (Å²) in [6, 6.07) is 15.1. The molecule has 0 unspecified atom stereocenters. The molecule has 2 rings (SSSR count). The lowest BCUT2D eigenvalue weighted by molar-refractivity contribution is -0.121. The monoisotopic (exact) mass is 350 g/mol. The highest BCUT2D eigenvalue weighted by Crippen LogP contribution is 2.17. The van der Waals surface area contributed by atoms with E-state index in [9.17, 15) is 4.79 Å². The van der Waals surface area contributed by atoms with Crippen LogP contribution in [-0.4, -0.2) is 12.5 Å². The Balaban J connectivity index is 1.82. The van der Waals surface area contributed by atoms with Crippen molar-refractivity contribution in [1.82, 2.24) is 10.6 Å². The van der Waals surface area contributed by atoms with Crippen LogP contribution in [0.2, 0.25) is 10.0 Å². The van der Waals surface area contributed by atoms with E-state index in [1.165, 1.54) is 0 Å². The highest BCUT2D eigenvalue weighted by molar-refractivity contribution is 6.30. The molecule has 2 aromatic rings. The number of amides is 1. The summed E-state index contributed by atoms with van der Waals surface area (Å²) in [6.07, 6.45) is 0. The van der Waals surface area contributed by atoms with Crippen LogP contribution in [0.4, 0.5) is 0 Å². The Kier molecular flexibility index (Phi) is 6.46. The maximum absolute atomic E-state index is 12.1. The van der Waals surface area contributed by atoms with Gasteiger partial charge in [0.15, 0.2) is 0 Å². The number of carbonyl (C=O) groups is 1. The molecule has 0 aliphatic carbocycles. The van der Waals surface area contributed by atoms with Crippen LogP contribution in [0.25, 0.3) is 0 Å². The van der Waals surface area contributed by atoms with Gasteiger partial charge >= 0.3 is 0 Å². The van der Waals surface area contributed by atoms with Crippen molar-refractivity contribution >= 4 is 29.1 Å². The second kappa shape index (κ2) is 8.34. The van der Waals surface area contributed by atoms with Crippen LogP contribution in [0.3, 0.4) is 0 Å². The molecular weight excluding hydrogens is 331 g/mol. The van der Waals surface area contributed by atoms with E-state index in [1.54, 1.807) is 0 Å². The number of hydrogen-bond acceptors (Lipinski definition) is 2.